The van der Waals surface area contributed by atoms with Gasteiger partial charge in [0.1, 0.15) is 0 Å². The first-order valence-electron chi connectivity index (χ1n) is 16.3. The number of benzene rings is 7. The summed E-state index contributed by atoms with van der Waals surface area (Å²) in [6.45, 7) is 2.14. The second kappa shape index (κ2) is 11.1. The van der Waals surface area contributed by atoms with E-state index in [2.05, 4.69) is 137 Å². The normalized spacial score (nSPS) is 11.3. The number of nitrogens with zero attached hydrogens (tertiary/aromatic N) is 4. The van der Waals surface area contributed by atoms with Crippen molar-refractivity contribution in [3.63, 3.8) is 0 Å². The zero-order valence-electron chi connectivity index (χ0n) is 26.7. The maximum Gasteiger partial charge on any atom is 0.0991 e. The van der Waals surface area contributed by atoms with Crippen molar-refractivity contribution >= 4 is 43.6 Å². The summed E-state index contributed by atoms with van der Waals surface area (Å²) >= 11 is 0. The van der Waals surface area contributed by atoms with Gasteiger partial charge in [0, 0.05) is 32.7 Å². The van der Waals surface area contributed by atoms with Crippen molar-refractivity contribution in [3.8, 4) is 45.8 Å². The molecule has 9 aromatic rings. The molecule has 0 saturated carbocycles. The molecule has 0 aliphatic carbocycles. The molecule has 0 aliphatic rings. The predicted molar refractivity (Wildman–Crippen MR) is 200 cm³/mol. The number of hydrogen-bond acceptors (Lipinski definition) is 2. The van der Waals surface area contributed by atoms with Gasteiger partial charge in [-0.05, 0) is 84.8 Å². The molecular formula is C45H28N4. The fourth-order valence-electron chi connectivity index (χ4n) is 7.54. The number of hydrogen-bond donors (Lipinski definition) is 0. The summed E-state index contributed by atoms with van der Waals surface area (Å²) in [6.07, 6.45) is 0. The second-order valence-electron chi connectivity index (χ2n) is 12.5. The first-order chi connectivity index (χ1) is 24.1. The van der Waals surface area contributed by atoms with Crippen molar-refractivity contribution in [3.05, 3.63) is 168 Å². The Morgan fingerprint density at radius 1 is 0.429 bits per heavy atom. The van der Waals surface area contributed by atoms with Crippen molar-refractivity contribution in [2.45, 2.75) is 6.92 Å². The topological polar surface area (TPSA) is 57.4 Å². The van der Waals surface area contributed by atoms with Gasteiger partial charge in [0.2, 0.25) is 0 Å². The lowest BCUT2D eigenvalue weighted by Crippen LogP contribution is -2.02. The number of nitriles is 2. The number of para-hydroxylation sites is 3. The molecule has 9 rings (SSSR count). The van der Waals surface area contributed by atoms with Crippen molar-refractivity contribution in [2.75, 3.05) is 0 Å². The smallest absolute Gasteiger partial charge is 0.0991 e. The van der Waals surface area contributed by atoms with E-state index in [0.29, 0.717) is 11.1 Å². The van der Waals surface area contributed by atoms with Gasteiger partial charge in [-0.25, -0.2) is 0 Å². The molecule has 2 heterocycles. The number of rotatable bonds is 4. The van der Waals surface area contributed by atoms with Crippen LogP contribution in [-0.2, 0) is 0 Å². The molecule has 2 aromatic heterocycles. The zero-order chi connectivity index (χ0) is 33.1. The number of aromatic nitrogens is 2. The summed E-state index contributed by atoms with van der Waals surface area (Å²) in [5.74, 6) is 0. The van der Waals surface area contributed by atoms with Crippen LogP contribution < -0.4 is 0 Å². The summed E-state index contributed by atoms with van der Waals surface area (Å²) in [5, 5.41) is 24.3. The van der Waals surface area contributed by atoms with Crippen LogP contribution in [0, 0.1) is 29.6 Å². The van der Waals surface area contributed by atoms with Crippen LogP contribution in [0.3, 0.4) is 0 Å². The van der Waals surface area contributed by atoms with Crippen LogP contribution in [0.1, 0.15) is 16.7 Å². The fraction of sp³-hybridized carbons (Fsp3) is 0.0222. The van der Waals surface area contributed by atoms with E-state index in [0.717, 1.165) is 66.5 Å². The summed E-state index contributed by atoms with van der Waals surface area (Å²) in [6, 6.07) is 57.2. The average Bonchev–Trinajstić information content (AvgIpc) is 3.66. The molecule has 7 aromatic carbocycles. The lowest BCUT2D eigenvalue weighted by molar-refractivity contribution is 1.17. The Kier molecular flexibility index (Phi) is 6.44. The Morgan fingerprint density at radius 2 is 0.980 bits per heavy atom. The van der Waals surface area contributed by atoms with E-state index < -0.39 is 0 Å². The first kappa shape index (κ1) is 28.4. The van der Waals surface area contributed by atoms with E-state index in [1.54, 1.807) is 0 Å². The van der Waals surface area contributed by atoms with Gasteiger partial charge in [-0.2, -0.15) is 10.5 Å². The van der Waals surface area contributed by atoms with Gasteiger partial charge >= 0.3 is 0 Å². The minimum atomic E-state index is 0.602. The molecule has 0 aliphatic heterocycles. The molecule has 0 amide bonds. The SMILES string of the molecule is Cc1ccc2c(c1)c1ccccc1n2-c1ccccc1-c1cccc(-n2c3ccccc3c3cc(C#N)ccc32)c1-c1cccc(C#N)c1. The molecule has 0 N–H and O–H groups in total. The first-order valence-corrected chi connectivity index (χ1v) is 16.3. The Labute approximate surface area is 283 Å². The molecule has 49 heavy (non-hydrogen) atoms. The standard InChI is InChI=1S/C45H28N4/c1-29-20-22-42-37(24-29)34-13-3-6-17-40(34)48(42)39-16-5-2-12-33(39)36-15-9-19-44(45(36)32-11-8-10-30(25-32)27-46)49-41-18-7-4-14-35(41)38-26-31(28-47)21-23-43(38)49/h2-26H,1H3. The quantitative estimate of drug-likeness (QED) is 0.196. The summed E-state index contributed by atoms with van der Waals surface area (Å²) < 4.78 is 4.68. The Hall–Kier alpha value is -6.88. The van der Waals surface area contributed by atoms with Crippen LogP contribution in [0.4, 0.5) is 0 Å². The highest BCUT2D eigenvalue weighted by Crippen LogP contribution is 2.44. The monoisotopic (exact) mass is 624 g/mol. The highest BCUT2D eigenvalue weighted by Gasteiger charge is 2.22. The van der Waals surface area contributed by atoms with Crippen molar-refractivity contribution in [1.82, 2.24) is 9.13 Å². The highest BCUT2D eigenvalue weighted by atomic mass is 15.0. The molecule has 0 spiro atoms. The van der Waals surface area contributed by atoms with E-state index in [-0.39, 0.29) is 0 Å². The van der Waals surface area contributed by atoms with Crippen LogP contribution >= 0.6 is 0 Å². The summed E-state index contributed by atoms with van der Waals surface area (Å²) in [4.78, 5) is 0. The lowest BCUT2D eigenvalue weighted by Gasteiger charge is -2.21. The summed E-state index contributed by atoms with van der Waals surface area (Å²) in [5.41, 5.74) is 13.0. The predicted octanol–water partition coefficient (Wildman–Crippen LogP) is 11.3. The molecule has 4 heteroatoms. The fourth-order valence-corrected chi connectivity index (χ4v) is 7.54. The van der Waals surface area contributed by atoms with Gasteiger partial charge < -0.3 is 9.13 Å². The van der Waals surface area contributed by atoms with E-state index in [4.69, 9.17) is 0 Å². The molecule has 0 unspecified atom stereocenters. The van der Waals surface area contributed by atoms with Crippen molar-refractivity contribution < 1.29 is 0 Å². The largest absolute Gasteiger partial charge is 0.309 e. The maximum absolute atomic E-state index is 9.99. The minimum Gasteiger partial charge on any atom is -0.309 e. The third-order valence-corrected chi connectivity index (χ3v) is 9.63. The third-order valence-electron chi connectivity index (χ3n) is 9.63. The number of aryl methyl sites for hydroxylation is 1. The van der Waals surface area contributed by atoms with Crippen LogP contribution in [0.25, 0.3) is 77.2 Å². The highest BCUT2D eigenvalue weighted by molar-refractivity contribution is 6.12. The Balaban J connectivity index is 1.41. The van der Waals surface area contributed by atoms with Crippen LogP contribution in [-0.4, -0.2) is 9.13 Å². The van der Waals surface area contributed by atoms with Crippen LogP contribution in [0.5, 0.6) is 0 Å². The van der Waals surface area contributed by atoms with E-state index in [1.165, 1.54) is 16.3 Å². The molecule has 0 atom stereocenters. The molecule has 0 bridgehead atoms. The second-order valence-corrected chi connectivity index (χ2v) is 12.5. The van der Waals surface area contributed by atoms with E-state index >= 15 is 0 Å². The van der Waals surface area contributed by atoms with Gasteiger partial charge in [-0.15, -0.1) is 0 Å². The van der Waals surface area contributed by atoms with E-state index in [9.17, 15) is 10.5 Å². The lowest BCUT2D eigenvalue weighted by atomic mass is 9.91. The van der Waals surface area contributed by atoms with Gasteiger partial charge in [0.15, 0.2) is 0 Å². The number of fused-ring (bicyclic) bond motifs is 6. The third kappa shape index (κ3) is 4.36. The van der Waals surface area contributed by atoms with Gasteiger partial charge in [-0.1, -0.05) is 90.5 Å². The van der Waals surface area contributed by atoms with Gasteiger partial charge in [0.05, 0.1) is 56.7 Å². The average molecular weight is 625 g/mol. The molecule has 4 nitrogen and oxygen atoms in total. The van der Waals surface area contributed by atoms with Gasteiger partial charge in [-0.3, -0.25) is 0 Å². The Morgan fingerprint density at radius 3 is 1.73 bits per heavy atom. The van der Waals surface area contributed by atoms with Crippen molar-refractivity contribution in [2.24, 2.45) is 0 Å². The zero-order valence-corrected chi connectivity index (χ0v) is 26.7. The molecule has 0 fully saturated rings. The maximum atomic E-state index is 9.99. The molecule has 228 valence electrons. The van der Waals surface area contributed by atoms with Crippen LogP contribution in [0.2, 0.25) is 0 Å². The van der Waals surface area contributed by atoms with Crippen molar-refractivity contribution in [1.29, 1.82) is 10.5 Å². The Bertz CT molecular complexity index is 2870. The molecular weight excluding hydrogens is 597 g/mol. The molecule has 0 radical (unpaired) electrons. The van der Waals surface area contributed by atoms with Crippen LogP contribution in [0.15, 0.2) is 152 Å². The molecule has 0 saturated heterocycles. The van der Waals surface area contributed by atoms with E-state index in [1.807, 2.05) is 42.5 Å². The summed E-state index contributed by atoms with van der Waals surface area (Å²) in [7, 11) is 0. The minimum absolute atomic E-state index is 0.602. The van der Waals surface area contributed by atoms with Gasteiger partial charge in [0.25, 0.3) is 0 Å².